The smallest absolute Gasteiger partial charge is 0.336 e. The zero-order chi connectivity index (χ0) is 14.1. The van der Waals surface area contributed by atoms with Crippen molar-refractivity contribution in [2.24, 2.45) is 0 Å². The van der Waals surface area contributed by atoms with Crippen molar-refractivity contribution < 1.29 is 13.6 Å². The third kappa shape index (κ3) is 2.50. The summed E-state index contributed by atoms with van der Waals surface area (Å²) in [6.45, 7) is 0. The second-order valence-corrected chi connectivity index (χ2v) is 4.85. The molecule has 2 aromatic heterocycles. The van der Waals surface area contributed by atoms with Gasteiger partial charge in [0.1, 0.15) is 5.58 Å². The van der Waals surface area contributed by atoms with E-state index in [-0.39, 0.29) is 11.7 Å². The summed E-state index contributed by atoms with van der Waals surface area (Å²) in [5, 5.41) is 3.43. The molecule has 0 fully saturated rings. The number of carbonyl (C=O) groups is 1. The zero-order valence-electron chi connectivity index (χ0n) is 10.1. The molecule has 0 bridgehead atoms. The van der Waals surface area contributed by atoms with E-state index in [2.05, 4.69) is 21.2 Å². The number of anilines is 1. The first-order valence-electron chi connectivity index (χ1n) is 5.72. The number of nitrogens with one attached hydrogen (secondary N) is 1. The van der Waals surface area contributed by atoms with E-state index < -0.39 is 5.63 Å². The molecule has 5 nitrogen and oxygen atoms in total. The van der Waals surface area contributed by atoms with Crippen LogP contribution >= 0.6 is 15.9 Å². The van der Waals surface area contributed by atoms with Gasteiger partial charge in [-0.3, -0.25) is 4.79 Å². The number of carbonyl (C=O) groups excluding carboxylic acids is 1. The molecule has 0 aliphatic carbocycles. The quantitative estimate of drug-likeness (QED) is 0.729. The van der Waals surface area contributed by atoms with E-state index in [0.29, 0.717) is 15.9 Å². The van der Waals surface area contributed by atoms with Gasteiger partial charge in [0.2, 0.25) is 0 Å². The third-order valence-electron chi connectivity index (χ3n) is 2.67. The lowest BCUT2D eigenvalue weighted by Gasteiger charge is -2.04. The Kier molecular flexibility index (Phi) is 3.15. The summed E-state index contributed by atoms with van der Waals surface area (Å²) in [6, 6.07) is 11.2. The number of amides is 1. The molecule has 1 aromatic carbocycles. The van der Waals surface area contributed by atoms with E-state index in [1.807, 2.05) is 0 Å². The summed E-state index contributed by atoms with van der Waals surface area (Å²) in [7, 11) is 0. The summed E-state index contributed by atoms with van der Waals surface area (Å²) in [5.41, 5.74) is 0.648. The molecule has 0 spiro atoms. The molecule has 3 aromatic rings. The molecule has 0 saturated carbocycles. The molecular formula is C14H8BrNO4. The van der Waals surface area contributed by atoms with Crippen molar-refractivity contribution >= 4 is 38.5 Å². The molecule has 20 heavy (non-hydrogen) atoms. The summed E-state index contributed by atoms with van der Waals surface area (Å²) in [6.07, 6.45) is 0. The fourth-order valence-corrected chi connectivity index (χ4v) is 2.09. The zero-order valence-corrected chi connectivity index (χ0v) is 11.6. The van der Waals surface area contributed by atoms with Crippen molar-refractivity contribution in [3.8, 4) is 0 Å². The Hall–Kier alpha value is -2.34. The van der Waals surface area contributed by atoms with Crippen molar-refractivity contribution in [2.75, 3.05) is 5.32 Å². The van der Waals surface area contributed by atoms with Gasteiger partial charge < -0.3 is 14.2 Å². The SMILES string of the molecule is O=C(Nc1ccc2oc(=O)ccc2c1)c1ccc(Br)o1. The molecule has 1 amide bonds. The average Bonchev–Trinajstić information content (AvgIpc) is 2.86. The first-order chi connectivity index (χ1) is 9.61. The van der Waals surface area contributed by atoms with Crippen LogP contribution in [0.25, 0.3) is 11.0 Å². The molecule has 6 heteroatoms. The molecule has 100 valence electrons. The standard InChI is InChI=1S/C14H8BrNO4/c15-12-5-4-11(19-12)14(18)16-9-2-3-10-8(7-9)1-6-13(17)20-10/h1-7H,(H,16,18). The largest absolute Gasteiger partial charge is 0.444 e. The van der Waals surface area contributed by atoms with Gasteiger partial charge in [0.05, 0.1) is 0 Å². The minimum Gasteiger partial charge on any atom is -0.444 e. The van der Waals surface area contributed by atoms with E-state index in [9.17, 15) is 9.59 Å². The lowest BCUT2D eigenvalue weighted by molar-refractivity contribution is 0.0995. The fourth-order valence-electron chi connectivity index (χ4n) is 1.78. The van der Waals surface area contributed by atoms with Crippen LogP contribution in [0.4, 0.5) is 5.69 Å². The Balaban J connectivity index is 1.89. The lowest BCUT2D eigenvalue weighted by atomic mass is 10.2. The minimum atomic E-state index is -0.408. The molecule has 3 rings (SSSR count). The summed E-state index contributed by atoms with van der Waals surface area (Å²) >= 11 is 3.14. The highest BCUT2D eigenvalue weighted by molar-refractivity contribution is 9.10. The third-order valence-corrected chi connectivity index (χ3v) is 3.10. The number of fused-ring (bicyclic) bond motifs is 1. The van der Waals surface area contributed by atoms with Crippen LogP contribution in [0.5, 0.6) is 0 Å². The maximum absolute atomic E-state index is 11.9. The van der Waals surface area contributed by atoms with Crippen LogP contribution in [0.3, 0.4) is 0 Å². The second kappa shape index (κ2) is 4.97. The van der Waals surface area contributed by atoms with E-state index in [0.717, 1.165) is 5.39 Å². The number of furan rings is 1. The first-order valence-corrected chi connectivity index (χ1v) is 6.52. The predicted octanol–water partition coefficient (Wildman–Crippen LogP) is 3.40. The van der Waals surface area contributed by atoms with Gasteiger partial charge in [-0.05, 0) is 52.3 Å². The van der Waals surface area contributed by atoms with Gasteiger partial charge in [-0.25, -0.2) is 4.79 Å². The van der Waals surface area contributed by atoms with Crippen LogP contribution in [0, 0.1) is 0 Å². The summed E-state index contributed by atoms with van der Waals surface area (Å²) in [4.78, 5) is 23.0. The molecule has 1 N–H and O–H groups in total. The molecule has 0 unspecified atom stereocenters. The molecule has 0 atom stereocenters. The molecule has 0 aliphatic heterocycles. The van der Waals surface area contributed by atoms with Gasteiger partial charge in [-0.2, -0.15) is 0 Å². The lowest BCUT2D eigenvalue weighted by Crippen LogP contribution is -2.10. The number of hydrogen-bond acceptors (Lipinski definition) is 4. The van der Waals surface area contributed by atoms with Gasteiger partial charge in [0.25, 0.3) is 5.91 Å². The second-order valence-electron chi connectivity index (χ2n) is 4.06. The predicted molar refractivity (Wildman–Crippen MR) is 76.8 cm³/mol. The number of rotatable bonds is 2. The number of hydrogen-bond donors (Lipinski definition) is 1. The Morgan fingerprint density at radius 3 is 2.65 bits per heavy atom. The molecular weight excluding hydrogens is 326 g/mol. The summed E-state index contributed by atoms with van der Waals surface area (Å²) < 4.78 is 10.7. The van der Waals surface area contributed by atoms with Crippen LogP contribution < -0.4 is 10.9 Å². The molecule has 0 aliphatic rings. The van der Waals surface area contributed by atoms with Crippen molar-refractivity contribution in [1.29, 1.82) is 0 Å². The Bertz CT molecular complexity index is 850. The van der Waals surface area contributed by atoms with Gasteiger partial charge >= 0.3 is 5.63 Å². The maximum atomic E-state index is 11.9. The number of benzene rings is 1. The van der Waals surface area contributed by atoms with Crippen LogP contribution in [0.15, 0.2) is 60.8 Å². The van der Waals surface area contributed by atoms with Gasteiger partial charge in [0.15, 0.2) is 10.4 Å². The summed E-state index contributed by atoms with van der Waals surface area (Å²) in [5.74, 6) is -0.149. The normalized spacial score (nSPS) is 10.7. The van der Waals surface area contributed by atoms with E-state index in [1.54, 1.807) is 36.4 Å². The number of halogens is 1. The van der Waals surface area contributed by atoms with Gasteiger partial charge in [-0.1, -0.05) is 0 Å². The average molecular weight is 334 g/mol. The van der Waals surface area contributed by atoms with E-state index >= 15 is 0 Å². The van der Waals surface area contributed by atoms with E-state index in [4.69, 9.17) is 8.83 Å². The Morgan fingerprint density at radius 2 is 1.90 bits per heavy atom. The highest BCUT2D eigenvalue weighted by Gasteiger charge is 2.11. The minimum absolute atomic E-state index is 0.205. The maximum Gasteiger partial charge on any atom is 0.336 e. The van der Waals surface area contributed by atoms with Gasteiger partial charge in [-0.15, -0.1) is 0 Å². The first kappa shape index (κ1) is 12.7. The van der Waals surface area contributed by atoms with Crippen LogP contribution in [-0.4, -0.2) is 5.91 Å². The van der Waals surface area contributed by atoms with Crippen LogP contribution in [0.2, 0.25) is 0 Å². The van der Waals surface area contributed by atoms with E-state index in [1.165, 1.54) is 6.07 Å². The fraction of sp³-hybridized carbons (Fsp3) is 0. The van der Waals surface area contributed by atoms with Crippen molar-refractivity contribution in [3.63, 3.8) is 0 Å². The Labute approximate surface area is 121 Å². The van der Waals surface area contributed by atoms with Crippen LogP contribution in [-0.2, 0) is 0 Å². The topological polar surface area (TPSA) is 72.5 Å². The van der Waals surface area contributed by atoms with Crippen molar-refractivity contribution in [2.45, 2.75) is 0 Å². The van der Waals surface area contributed by atoms with Crippen LogP contribution in [0.1, 0.15) is 10.6 Å². The van der Waals surface area contributed by atoms with Gasteiger partial charge in [0, 0.05) is 17.1 Å². The molecule has 2 heterocycles. The highest BCUT2D eigenvalue weighted by atomic mass is 79.9. The van der Waals surface area contributed by atoms with Crippen molar-refractivity contribution in [1.82, 2.24) is 0 Å². The monoisotopic (exact) mass is 333 g/mol. The highest BCUT2D eigenvalue weighted by Crippen LogP contribution is 2.19. The Morgan fingerprint density at radius 1 is 1.05 bits per heavy atom. The molecule has 0 radical (unpaired) electrons. The molecule has 0 saturated heterocycles. The van der Waals surface area contributed by atoms with Crippen molar-refractivity contribution in [3.05, 3.63) is 63.3 Å².